The van der Waals surface area contributed by atoms with Crippen LogP contribution in [0.5, 0.6) is 0 Å². The molecular formula is C21H28N4O. The van der Waals surface area contributed by atoms with Crippen LogP contribution >= 0.6 is 0 Å². The molecule has 3 fully saturated rings. The van der Waals surface area contributed by atoms with E-state index >= 15 is 0 Å². The lowest BCUT2D eigenvalue weighted by Crippen LogP contribution is -2.42. The summed E-state index contributed by atoms with van der Waals surface area (Å²) in [6.45, 7) is 7.53. The number of carbonyl (C=O) groups excluding carboxylic acids is 1. The van der Waals surface area contributed by atoms with Gasteiger partial charge in [0.2, 0.25) is 5.91 Å². The number of rotatable bonds is 2. The smallest absolute Gasteiger partial charge is 0.225 e. The zero-order valence-electron chi connectivity index (χ0n) is 15.9. The van der Waals surface area contributed by atoms with Crippen molar-refractivity contribution in [3.05, 3.63) is 22.9 Å². The molecule has 0 spiro atoms. The minimum atomic E-state index is 0.140. The van der Waals surface area contributed by atoms with Crippen LogP contribution in [0.3, 0.4) is 0 Å². The molecule has 1 aromatic rings. The summed E-state index contributed by atoms with van der Waals surface area (Å²) in [5.41, 5.74) is 2.60. The van der Waals surface area contributed by atoms with Crippen molar-refractivity contribution in [3.8, 4) is 6.07 Å². The highest BCUT2D eigenvalue weighted by molar-refractivity contribution is 5.79. The average molecular weight is 352 g/mol. The van der Waals surface area contributed by atoms with Crippen molar-refractivity contribution in [1.29, 1.82) is 5.26 Å². The molecule has 2 aliphatic heterocycles. The van der Waals surface area contributed by atoms with Crippen molar-refractivity contribution >= 4 is 11.7 Å². The van der Waals surface area contributed by atoms with Gasteiger partial charge in [0, 0.05) is 37.8 Å². The number of aryl methyl sites for hydroxylation is 2. The molecule has 5 nitrogen and oxygen atoms in total. The molecule has 4 rings (SSSR count). The van der Waals surface area contributed by atoms with E-state index in [1.807, 2.05) is 19.9 Å². The normalized spacial score (nSPS) is 26.0. The Morgan fingerprint density at radius 3 is 2.42 bits per heavy atom. The summed E-state index contributed by atoms with van der Waals surface area (Å²) in [5.74, 6) is 2.83. The lowest BCUT2D eigenvalue weighted by Gasteiger charge is -2.34. The van der Waals surface area contributed by atoms with Gasteiger partial charge in [0.05, 0.1) is 5.56 Å². The van der Waals surface area contributed by atoms with Gasteiger partial charge in [-0.05, 0) is 63.0 Å². The quantitative estimate of drug-likeness (QED) is 0.821. The van der Waals surface area contributed by atoms with Crippen LogP contribution < -0.4 is 4.90 Å². The molecule has 0 bridgehead atoms. The molecule has 1 amide bonds. The van der Waals surface area contributed by atoms with E-state index in [4.69, 9.17) is 0 Å². The summed E-state index contributed by atoms with van der Waals surface area (Å²) >= 11 is 0. The van der Waals surface area contributed by atoms with Crippen molar-refractivity contribution in [2.24, 2.45) is 17.8 Å². The molecule has 0 N–H and O–H groups in total. The molecule has 1 saturated carbocycles. The Morgan fingerprint density at radius 2 is 1.81 bits per heavy atom. The molecule has 0 aromatic carbocycles. The van der Waals surface area contributed by atoms with E-state index < -0.39 is 0 Å². The van der Waals surface area contributed by atoms with E-state index in [0.717, 1.165) is 67.9 Å². The van der Waals surface area contributed by atoms with E-state index in [1.54, 1.807) is 0 Å². The molecule has 3 heterocycles. The average Bonchev–Trinajstić information content (AvgIpc) is 3.22. The highest BCUT2D eigenvalue weighted by atomic mass is 16.2. The second kappa shape index (κ2) is 6.90. The summed E-state index contributed by atoms with van der Waals surface area (Å²) in [7, 11) is 0. The molecular weight excluding hydrogens is 324 g/mol. The van der Waals surface area contributed by atoms with E-state index in [-0.39, 0.29) is 5.92 Å². The van der Waals surface area contributed by atoms with E-state index in [1.165, 1.54) is 19.3 Å². The Labute approximate surface area is 156 Å². The van der Waals surface area contributed by atoms with Crippen LogP contribution in [-0.2, 0) is 4.79 Å². The summed E-state index contributed by atoms with van der Waals surface area (Å²) in [5, 5.41) is 9.51. The van der Waals surface area contributed by atoms with Crippen LogP contribution in [0.2, 0.25) is 0 Å². The van der Waals surface area contributed by atoms with E-state index in [2.05, 4.69) is 20.9 Å². The van der Waals surface area contributed by atoms with Gasteiger partial charge in [-0.3, -0.25) is 4.79 Å². The third kappa shape index (κ3) is 3.06. The fourth-order valence-electron chi connectivity index (χ4n) is 5.20. The highest BCUT2D eigenvalue weighted by Gasteiger charge is 2.40. The SMILES string of the molecule is Cc1cc(C)c(C#N)c(N2CCC(C(=O)N3CC4CCCC4C3)CC2)n1. The molecule has 2 saturated heterocycles. The number of aromatic nitrogens is 1. The van der Waals surface area contributed by atoms with Crippen LogP contribution in [0.4, 0.5) is 5.82 Å². The van der Waals surface area contributed by atoms with E-state index in [9.17, 15) is 10.1 Å². The summed E-state index contributed by atoms with van der Waals surface area (Å²) < 4.78 is 0. The molecule has 2 unspecified atom stereocenters. The molecule has 1 aliphatic carbocycles. The second-order valence-corrected chi connectivity index (χ2v) is 8.35. The van der Waals surface area contributed by atoms with Gasteiger partial charge < -0.3 is 9.80 Å². The highest BCUT2D eigenvalue weighted by Crippen LogP contribution is 2.39. The number of nitriles is 1. The number of pyridine rings is 1. The summed E-state index contributed by atoms with van der Waals surface area (Å²) in [6.07, 6.45) is 5.69. The lowest BCUT2D eigenvalue weighted by atomic mass is 9.94. The molecule has 138 valence electrons. The predicted molar refractivity (Wildman–Crippen MR) is 101 cm³/mol. The molecule has 0 radical (unpaired) electrons. The Balaban J connectivity index is 1.40. The fourth-order valence-corrected chi connectivity index (χ4v) is 5.20. The number of amides is 1. The van der Waals surface area contributed by atoms with Gasteiger partial charge in [-0.2, -0.15) is 5.26 Å². The number of carbonyl (C=O) groups is 1. The van der Waals surface area contributed by atoms with Crippen LogP contribution in [0, 0.1) is 42.9 Å². The number of likely N-dealkylation sites (tertiary alicyclic amines) is 1. The van der Waals surface area contributed by atoms with Gasteiger partial charge in [0.25, 0.3) is 0 Å². The molecule has 2 atom stereocenters. The topological polar surface area (TPSA) is 60.2 Å². The Bertz CT molecular complexity index is 733. The number of hydrogen-bond acceptors (Lipinski definition) is 4. The zero-order valence-corrected chi connectivity index (χ0v) is 15.9. The molecule has 5 heteroatoms. The van der Waals surface area contributed by atoms with Gasteiger partial charge >= 0.3 is 0 Å². The second-order valence-electron chi connectivity index (χ2n) is 8.35. The first-order chi connectivity index (χ1) is 12.6. The third-order valence-electron chi connectivity index (χ3n) is 6.62. The van der Waals surface area contributed by atoms with Crippen molar-refractivity contribution in [2.45, 2.75) is 46.0 Å². The number of fused-ring (bicyclic) bond motifs is 1. The van der Waals surface area contributed by atoms with Crippen molar-refractivity contribution in [3.63, 3.8) is 0 Å². The maximum absolute atomic E-state index is 12.9. The maximum atomic E-state index is 12.9. The predicted octanol–water partition coefficient (Wildman–Crippen LogP) is 3.05. The van der Waals surface area contributed by atoms with Gasteiger partial charge in [0.15, 0.2) is 0 Å². The lowest BCUT2D eigenvalue weighted by molar-refractivity contribution is -0.135. The first kappa shape index (κ1) is 17.3. The Kier molecular flexibility index (Phi) is 4.60. The number of nitrogens with zero attached hydrogens (tertiary/aromatic N) is 4. The van der Waals surface area contributed by atoms with Gasteiger partial charge in [0.1, 0.15) is 11.9 Å². The molecule has 1 aromatic heterocycles. The van der Waals surface area contributed by atoms with Gasteiger partial charge in [-0.25, -0.2) is 4.98 Å². The van der Waals surface area contributed by atoms with E-state index in [0.29, 0.717) is 11.5 Å². The van der Waals surface area contributed by atoms with Crippen molar-refractivity contribution < 1.29 is 4.79 Å². The number of anilines is 1. The largest absolute Gasteiger partial charge is 0.355 e. The molecule has 3 aliphatic rings. The summed E-state index contributed by atoms with van der Waals surface area (Å²) in [6, 6.07) is 4.27. The number of piperidine rings is 1. The fraction of sp³-hybridized carbons (Fsp3) is 0.667. The first-order valence-electron chi connectivity index (χ1n) is 9.99. The van der Waals surface area contributed by atoms with Crippen molar-refractivity contribution in [2.75, 3.05) is 31.1 Å². The molecule has 26 heavy (non-hydrogen) atoms. The van der Waals surface area contributed by atoms with Gasteiger partial charge in [-0.1, -0.05) is 6.42 Å². The van der Waals surface area contributed by atoms with Crippen LogP contribution in [-0.4, -0.2) is 42.0 Å². The Hall–Kier alpha value is -2.09. The van der Waals surface area contributed by atoms with Gasteiger partial charge in [-0.15, -0.1) is 0 Å². The third-order valence-corrected chi connectivity index (χ3v) is 6.62. The Morgan fingerprint density at radius 1 is 1.15 bits per heavy atom. The van der Waals surface area contributed by atoms with Crippen LogP contribution in [0.15, 0.2) is 6.07 Å². The minimum absolute atomic E-state index is 0.140. The van der Waals surface area contributed by atoms with Crippen LogP contribution in [0.1, 0.15) is 48.9 Å². The zero-order chi connectivity index (χ0) is 18.3. The van der Waals surface area contributed by atoms with Crippen molar-refractivity contribution in [1.82, 2.24) is 9.88 Å². The minimum Gasteiger partial charge on any atom is -0.355 e. The van der Waals surface area contributed by atoms with Crippen LogP contribution in [0.25, 0.3) is 0 Å². The summed E-state index contributed by atoms with van der Waals surface area (Å²) in [4.78, 5) is 21.9. The monoisotopic (exact) mass is 352 g/mol. The standard InChI is InChI=1S/C21H28N4O/c1-14-10-15(2)23-20(19(14)11-22)24-8-6-16(7-9-24)21(26)25-12-17-4-3-5-18(17)13-25/h10,16-18H,3-9,12-13H2,1-2H3. The first-order valence-corrected chi connectivity index (χ1v) is 9.99. The number of hydrogen-bond donors (Lipinski definition) is 0. The maximum Gasteiger partial charge on any atom is 0.225 e.